The van der Waals surface area contributed by atoms with E-state index in [0.717, 1.165) is 11.3 Å². The lowest BCUT2D eigenvalue weighted by Crippen LogP contribution is -2.11. The van der Waals surface area contributed by atoms with Crippen molar-refractivity contribution in [2.75, 3.05) is 4.72 Å². The van der Waals surface area contributed by atoms with E-state index in [1.807, 2.05) is 0 Å². The highest BCUT2D eigenvalue weighted by Gasteiger charge is 2.22. The molecule has 0 radical (unpaired) electrons. The molecule has 7 nitrogen and oxygen atoms in total. The number of nitrogens with zero attached hydrogens (tertiary/aromatic N) is 2. The molecule has 18 heavy (non-hydrogen) atoms. The zero-order valence-corrected chi connectivity index (χ0v) is 11.4. The Balaban J connectivity index is 2.36. The fourth-order valence-corrected chi connectivity index (χ4v) is 4.25. The number of sulfonamides is 1. The van der Waals surface area contributed by atoms with Crippen LogP contribution in [0.3, 0.4) is 0 Å². The van der Waals surface area contributed by atoms with Crippen LogP contribution in [-0.2, 0) is 10.0 Å². The maximum absolute atomic E-state index is 11.9. The molecule has 0 aliphatic carbocycles. The number of anilines is 1. The van der Waals surface area contributed by atoms with E-state index >= 15 is 0 Å². The standard InChI is InChI=1S/C8H7N3O4S3/c1-4-2-5(17-6(4)7(12)13)18(14,15)11-8-10-9-3-16-8/h2-3H,1H3,(H,10,11)(H,12,13). The molecule has 0 atom stereocenters. The SMILES string of the molecule is Cc1cc(S(=O)(=O)Nc2nncs2)sc1C(=O)O. The third-order valence-electron chi connectivity index (χ3n) is 1.94. The topological polar surface area (TPSA) is 109 Å². The number of thiophene rings is 1. The van der Waals surface area contributed by atoms with Gasteiger partial charge < -0.3 is 5.11 Å². The van der Waals surface area contributed by atoms with Gasteiger partial charge >= 0.3 is 5.97 Å². The smallest absolute Gasteiger partial charge is 0.346 e. The molecule has 96 valence electrons. The van der Waals surface area contributed by atoms with Crippen molar-refractivity contribution in [1.29, 1.82) is 0 Å². The van der Waals surface area contributed by atoms with Crippen molar-refractivity contribution in [1.82, 2.24) is 10.2 Å². The Hall–Kier alpha value is -1.52. The molecule has 2 rings (SSSR count). The van der Waals surface area contributed by atoms with Crippen LogP contribution in [0.5, 0.6) is 0 Å². The van der Waals surface area contributed by atoms with Gasteiger partial charge in [0.15, 0.2) is 0 Å². The van der Waals surface area contributed by atoms with E-state index in [9.17, 15) is 13.2 Å². The number of aryl methyl sites for hydroxylation is 1. The zero-order valence-electron chi connectivity index (χ0n) is 8.95. The van der Waals surface area contributed by atoms with E-state index in [2.05, 4.69) is 14.9 Å². The van der Waals surface area contributed by atoms with Crippen LogP contribution < -0.4 is 4.72 Å². The molecule has 2 aromatic rings. The van der Waals surface area contributed by atoms with Gasteiger partial charge in [-0.15, -0.1) is 21.5 Å². The van der Waals surface area contributed by atoms with E-state index in [1.54, 1.807) is 6.92 Å². The highest BCUT2D eigenvalue weighted by molar-refractivity contribution is 7.94. The highest BCUT2D eigenvalue weighted by Crippen LogP contribution is 2.27. The molecule has 0 spiro atoms. The van der Waals surface area contributed by atoms with Crippen molar-refractivity contribution in [3.63, 3.8) is 0 Å². The summed E-state index contributed by atoms with van der Waals surface area (Å²) in [6.07, 6.45) is 0. The lowest BCUT2D eigenvalue weighted by atomic mass is 10.3. The normalized spacial score (nSPS) is 11.4. The molecule has 0 aliphatic rings. The Morgan fingerprint density at radius 2 is 2.22 bits per heavy atom. The van der Waals surface area contributed by atoms with E-state index in [4.69, 9.17) is 5.11 Å². The largest absolute Gasteiger partial charge is 0.477 e. The van der Waals surface area contributed by atoms with Crippen LogP contribution in [0.25, 0.3) is 0 Å². The van der Waals surface area contributed by atoms with Crippen molar-refractivity contribution in [3.05, 3.63) is 22.0 Å². The third kappa shape index (κ3) is 2.49. The fraction of sp³-hybridized carbons (Fsp3) is 0.125. The second-order valence-electron chi connectivity index (χ2n) is 3.23. The van der Waals surface area contributed by atoms with Gasteiger partial charge in [-0.05, 0) is 18.6 Å². The molecule has 2 heterocycles. The van der Waals surface area contributed by atoms with Crippen LogP contribution in [0, 0.1) is 6.92 Å². The second kappa shape index (κ2) is 4.63. The number of carbonyl (C=O) groups is 1. The monoisotopic (exact) mass is 305 g/mol. The molecule has 0 unspecified atom stereocenters. The molecule has 2 aromatic heterocycles. The average molecular weight is 305 g/mol. The summed E-state index contributed by atoms with van der Waals surface area (Å²) in [6, 6.07) is 1.32. The maximum Gasteiger partial charge on any atom is 0.346 e. The van der Waals surface area contributed by atoms with Gasteiger partial charge in [-0.3, -0.25) is 4.72 Å². The predicted molar refractivity (Wildman–Crippen MR) is 66.7 cm³/mol. The van der Waals surface area contributed by atoms with Crippen molar-refractivity contribution >= 4 is 43.8 Å². The van der Waals surface area contributed by atoms with Gasteiger partial charge in [0, 0.05) is 0 Å². The molecule has 10 heteroatoms. The summed E-state index contributed by atoms with van der Waals surface area (Å²) in [6.45, 7) is 1.55. The number of carboxylic acids is 1. The Kier molecular flexibility index (Phi) is 3.32. The first-order valence-electron chi connectivity index (χ1n) is 4.53. The number of nitrogens with one attached hydrogen (secondary N) is 1. The van der Waals surface area contributed by atoms with E-state index < -0.39 is 16.0 Å². The number of aromatic nitrogens is 2. The Labute approximate surface area is 110 Å². The minimum Gasteiger partial charge on any atom is -0.477 e. The number of carboxylic acid groups (broad SMARTS) is 1. The van der Waals surface area contributed by atoms with Crippen LogP contribution in [0.15, 0.2) is 15.8 Å². The van der Waals surface area contributed by atoms with E-state index in [1.165, 1.54) is 11.6 Å². The predicted octanol–water partition coefficient (Wildman–Crippen LogP) is 1.41. The van der Waals surface area contributed by atoms with Crippen LogP contribution in [0.4, 0.5) is 5.13 Å². The van der Waals surface area contributed by atoms with Gasteiger partial charge in [0.05, 0.1) is 0 Å². The lowest BCUT2D eigenvalue weighted by molar-refractivity contribution is 0.0701. The van der Waals surface area contributed by atoms with Crippen LogP contribution in [0.2, 0.25) is 0 Å². The summed E-state index contributed by atoms with van der Waals surface area (Å²) < 4.78 is 26.0. The first-order valence-corrected chi connectivity index (χ1v) is 7.71. The van der Waals surface area contributed by atoms with Crippen molar-refractivity contribution in [2.45, 2.75) is 11.1 Å². The lowest BCUT2D eigenvalue weighted by Gasteiger charge is -2.00. The molecule has 0 amide bonds. The van der Waals surface area contributed by atoms with Gasteiger partial charge in [0.25, 0.3) is 10.0 Å². The average Bonchev–Trinajstić information content (AvgIpc) is 2.86. The molecular formula is C8H7N3O4S3. The zero-order chi connectivity index (χ0) is 13.3. The molecule has 0 fully saturated rings. The van der Waals surface area contributed by atoms with Crippen molar-refractivity contribution in [2.24, 2.45) is 0 Å². The van der Waals surface area contributed by atoms with Crippen LogP contribution in [-0.4, -0.2) is 29.7 Å². The van der Waals surface area contributed by atoms with Gasteiger partial charge in [-0.2, -0.15) is 0 Å². The van der Waals surface area contributed by atoms with Crippen molar-refractivity contribution in [3.8, 4) is 0 Å². The van der Waals surface area contributed by atoms with E-state index in [0.29, 0.717) is 16.9 Å². The van der Waals surface area contributed by atoms with Gasteiger partial charge in [-0.1, -0.05) is 11.3 Å². The summed E-state index contributed by atoms with van der Waals surface area (Å²) in [7, 11) is -3.81. The minimum absolute atomic E-state index is 0.00707. The number of aromatic carboxylic acids is 1. The summed E-state index contributed by atoms with van der Waals surface area (Å²) in [5, 5.41) is 16.1. The first kappa shape index (κ1) is 12.9. The Morgan fingerprint density at radius 1 is 1.50 bits per heavy atom. The minimum atomic E-state index is -3.81. The fourth-order valence-electron chi connectivity index (χ4n) is 1.18. The molecule has 0 aromatic carbocycles. The summed E-state index contributed by atoms with van der Waals surface area (Å²) in [5.41, 5.74) is 1.80. The maximum atomic E-state index is 11.9. The highest BCUT2D eigenvalue weighted by atomic mass is 32.2. The molecular weight excluding hydrogens is 298 g/mol. The Bertz CT molecular complexity index is 675. The van der Waals surface area contributed by atoms with E-state index in [-0.39, 0.29) is 14.2 Å². The van der Waals surface area contributed by atoms with Crippen LogP contribution >= 0.6 is 22.7 Å². The summed E-state index contributed by atoms with van der Waals surface area (Å²) in [5.74, 6) is -1.14. The molecule has 2 N–H and O–H groups in total. The molecule has 0 bridgehead atoms. The van der Waals surface area contributed by atoms with Crippen LogP contribution in [0.1, 0.15) is 15.2 Å². The molecule has 0 saturated heterocycles. The number of hydrogen-bond donors (Lipinski definition) is 2. The third-order valence-corrected chi connectivity index (χ3v) is 5.71. The second-order valence-corrected chi connectivity index (χ2v) is 7.03. The molecule has 0 saturated carbocycles. The Morgan fingerprint density at radius 3 is 2.72 bits per heavy atom. The first-order chi connectivity index (χ1) is 8.40. The number of hydrogen-bond acceptors (Lipinski definition) is 7. The summed E-state index contributed by atoms with van der Waals surface area (Å²) >= 11 is 1.74. The molecule has 0 aliphatic heterocycles. The number of rotatable bonds is 4. The van der Waals surface area contributed by atoms with Gasteiger partial charge in [0.1, 0.15) is 14.6 Å². The van der Waals surface area contributed by atoms with Crippen molar-refractivity contribution < 1.29 is 18.3 Å². The van der Waals surface area contributed by atoms with Gasteiger partial charge in [-0.25, -0.2) is 13.2 Å². The summed E-state index contributed by atoms with van der Waals surface area (Å²) in [4.78, 5) is 10.9. The quantitative estimate of drug-likeness (QED) is 0.883. The van der Waals surface area contributed by atoms with Gasteiger partial charge in [0.2, 0.25) is 5.13 Å².